The van der Waals surface area contributed by atoms with Gasteiger partial charge in [0, 0.05) is 31.1 Å². The summed E-state index contributed by atoms with van der Waals surface area (Å²) in [5.74, 6) is 0. The average molecular weight is 264 g/mol. The molecule has 0 saturated heterocycles. The number of benzene rings is 1. The summed E-state index contributed by atoms with van der Waals surface area (Å²) in [4.78, 5) is 2.34. The minimum Gasteiger partial charge on any atom is -0.395 e. The largest absolute Gasteiger partial charge is 0.395 e. The van der Waals surface area contributed by atoms with E-state index >= 15 is 0 Å². The predicted molar refractivity (Wildman–Crippen MR) is 81.5 cm³/mol. The van der Waals surface area contributed by atoms with Gasteiger partial charge in [-0.15, -0.1) is 0 Å². The van der Waals surface area contributed by atoms with Crippen molar-refractivity contribution in [1.29, 1.82) is 0 Å². The van der Waals surface area contributed by atoms with Gasteiger partial charge in [-0.2, -0.15) is 0 Å². The van der Waals surface area contributed by atoms with Gasteiger partial charge < -0.3 is 10.4 Å². The lowest BCUT2D eigenvalue weighted by Gasteiger charge is -2.38. The number of rotatable bonds is 8. The van der Waals surface area contributed by atoms with Crippen molar-refractivity contribution >= 4 is 0 Å². The highest BCUT2D eigenvalue weighted by atomic mass is 16.3. The average Bonchev–Trinajstić information content (AvgIpc) is 2.39. The minimum absolute atomic E-state index is 0.0510. The molecule has 0 aliphatic heterocycles. The molecule has 0 spiro atoms. The van der Waals surface area contributed by atoms with E-state index in [2.05, 4.69) is 61.3 Å². The molecule has 3 nitrogen and oxygen atoms in total. The fourth-order valence-electron chi connectivity index (χ4n) is 2.58. The van der Waals surface area contributed by atoms with E-state index in [1.54, 1.807) is 0 Å². The second kappa shape index (κ2) is 7.63. The Balaban J connectivity index is 2.92. The lowest BCUT2D eigenvalue weighted by molar-refractivity contribution is 0.136. The fraction of sp³-hybridized carbons (Fsp3) is 0.625. The molecule has 1 rings (SSSR count). The van der Waals surface area contributed by atoms with Crippen molar-refractivity contribution in [3.63, 3.8) is 0 Å². The van der Waals surface area contributed by atoms with Crippen LogP contribution in [0, 0.1) is 0 Å². The highest BCUT2D eigenvalue weighted by Gasteiger charge is 2.29. The number of aliphatic hydroxyl groups is 1. The monoisotopic (exact) mass is 264 g/mol. The van der Waals surface area contributed by atoms with Crippen LogP contribution in [0.5, 0.6) is 0 Å². The lowest BCUT2D eigenvalue weighted by Crippen LogP contribution is -2.47. The van der Waals surface area contributed by atoms with E-state index in [-0.39, 0.29) is 12.0 Å². The normalized spacial score (nSPS) is 14.9. The third-order valence-corrected chi connectivity index (χ3v) is 3.71. The van der Waals surface area contributed by atoms with Crippen LogP contribution in [-0.2, 0) is 5.41 Å². The maximum absolute atomic E-state index is 9.23. The van der Waals surface area contributed by atoms with Crippen molar-refractivity contribution in [2.75, 3.05) is 33.3 Å². The van der Waals surface area contributed by atoms with E-state index in [4.69, 9.17) is 0 Å². The van der Waals surface area contributed by atoms with Crippen LogP contribution in [0.15, 0.2) is 30.3 Å². The van der Waals surface area contributed by atoms with Gasteiger partial charge in [-0.05, 0) is 26.5 Å². The molecule has 0 heterocycles. The topological polar surface area (TPSA) is 35.5 Å². The van der Waals surface area contributed by atoms with Crippen molar-refractivity contribution in [2.24, 2.45) is 0 Å². The van der Waals surface area contributed by atoms with Crippen molar-refractivity contribution in [1.82, 2.24) is 10.2 Å². The third kappa shape index (κ3) is 4.60. The van der Waals surface area contributed by atoms with Crippen molar-refractivity contribution in [2.45, 2.75) is 32.2 Å². The first kappa shape index (κ1) is 16.2. The maximum Gasteiger partial charge on any atom is 0.0558 e. The van der Waals surface area contributed by atoms with Gasteiger partial charge in [-0.25, -0.2) is 0 Å². The Labute approximate surface area is 117 Å². The second-order valence-electron chi connectivity index (χ2n) is 5.74. The quantitative estimate of drug-likeness (QED) is 0.752. The number of hydrogen-bond acceptors (Lipinski definition) is 3. The van der Waals surface area contributed by atoms with Crippen LogP contribution in [0.25, 0.3) is 0 Å². The van der Waals surface area contributed by atoms with E-state index in [0.717, 1.165) is 19.6 Å². The number of aliphatic hydroxyl groups excluding tert-OH is 1. The molecule has 108 valence electrons. The first-order chi connectivity index (χ1) is 9.03. The van der Waals surface area contributed by atoms with Crippen LogP contribution >= 0.6 is 0 Å². The summed E-state index contributed by atoms with van der Waals surface area (Å²) in [7, 11) is 1.99. The van der Waals surface area contributed by atoms with Crippen LogP contribution < -0.4 is 5.32 Å². The van der Waals surface area contributed by atoms with Gasteiger partial charge >= 0.3 is 0 Å². The fourth-order valence-corrected chi connectivity index (χ4v) is 2.58. The van der Waals surface area contributed by atoms with Crippen LogP contribution in [0.3, 0.4) is 0 Å². The molecule has 2 N–H and O–H groups in total. The molecule has 1 unspecified atom stereocenters. The molecular weight excluding hydrogens is 236 g/mol. The maximum atomic E-state index is 9.23. The van der Waals surface area contributed by atoms with Gasteiger partial charge in [0.15, 0.2) is 0 Å². The summed E-state index contributed by atoms with van der Waals surface area (Å²) in [6.45, 7) is 9.45. The molecule has 1 atom stereocenters. The Morgan fingerprint density at radius 1 is 1.26 bits per heavy atom. The molecule has 1 aromatic rings. The molecular formula is C16H28N2O. The molecule has 0 amide bonds. The molecule has 0 aliphatic carbocycles. The molecule has 0 fully saturated rings. The zero-order chi connectivity index (χ0) is 14.3. The minimum atomic E-state index is 0.0510. The first-order valence-corrected chi connectivity index (χ1v) is 7.08. The summed E-state index contributed by atoms with van der Waals surface area (Å²) >= 11 is 0. The van der Waals surface area contributed by atoms with Crippen LogP contribution in [-0.4, -0.2) is 49.3 Å². The van der Waals surface area contributed by atoms with Gasteiger partial charge in [-0.1, -0.05) is 37.3 Å². The van der Waals surface area contributed by atoms with Crippen molar-refractivity contribution in [3.8, 4) is 0 Å². The number of nitrogens with zero attached hydrogens (tertiary/aromatic N) is 1. The Kier molecular flexibility index (Phi) is 6.49. The summed E-state index contributed by atoms with van der Waals surface area (Å²) in [5.41, 5.74) is 1.39. The lowest BCUT2D eigenvalue weighted by atomic mass is 9.81. The summed E-state index contributed by atoms with van der Waals surface area (Å²) in [5, 5.41) is 12.5. The Hall–Kier alpha value is -0.900. The predicted octanol–water partition coefficient (Wildman–Crippen LogP) is 1.87. The van der Waals surface area contributed by atoms with Crippen LogP contribution in [0.4, 0.5) is 0 Å². The van der Waals surface area contributed by atoms with Gasteiger partial charge in [0.05, 0.1) is 6.61 Å². The van der Waals surface area contributed by atoms with E-state index in [1.165, 1.54) is 5.56 Å². The summed E-state index contributed by atoms with van der Waals surface area (Å²) in [6.07, 6.45) is 0. The molecule has 0 radical (unpaired) electrons. The molecule has 19 heavy (non-hydrogen) atoms. The Morgan fingerprint density at radius 2 is 1.89 bits per heavy atom. The van der Waals surface area contributed by atoms with E-state index in [0.29, 0.717) is 6.04 Å². The smallest absolute Gasteiger partial charge is 0.0558 e. The van der Waals surface area contributed by atoms with Crippen LogP contribution in [0.2, 0.25) is 0 Å². The number of hydrogen-bond donors (Lipinski definition) is 2. The van der Waals surface area contributed by atoms with Gasteiger partial charge in [0.2, 0.25) is 0 Å². The second-order valence-corrected chi connectivity index (χ2v) is 5.74. The van der Waals surface area contributed by atoms with Gasteiger partial charge in [0.25, 0.3) is 0 Å². The van der Waals surface area contributed by atoms with Gasteiger partial charge in [0.1, 0.15) is 0 Å². The van der Waals surface area contributed by atoms with Crippen LogP contribution in [0.1, 0.15) is 26.3 Å². The van der Waals surface area contributed by atoms with Crippen molar-refractivity contribution < 1.29 is 5.11 Å². The third-order valence-electron chi connectivity index (χ3n) is 3.71. The summed E-state index contributed by atoms with van der Waals surface area (Å²) < 4.78 is 0. The first-order valence-electron chi connectivity index (χ1n) is 7.08. The molecule has 0 bridgehead atoms. The SMILES string of the molecule is CNCC(C)(CN(CCO)C(C)C)c1ccccc1. The highest BCUT2D eigenvalue weighted by molar-refractivity contribution is 5.25. The number of nitrogens with one attached hydrogen (secondary N) is 1. The number of likely N-dealkylation sites (N-methyl/N-ethyl adjacent to an activating group) is 1. The van der Waals surface area contributed by atoms with Gasteiger partial charge in [-0.3, -0.25) is 4.90 Å². The molecule has 1 aromatic carbocycles. The van der Waals surface area contributed by atoms with E-state index < -0.39 is 0 Å². The molecule has 0 aromatic heterocycles. The van der Waals surface area contributed by atoms with E-state index in [9.17, 15) is 5.11 Å². The highest BCUT2D eigenvalue weighted by Crippen LogP contribution is 2.25. The molecule has 3 heteroatoms. The summed E-state index contributed by atoms with van der Waals surface area (Å²) in [6, 6.07) is 11.1. The van der Waals surface area contributed by atoms with Crippen molar-refractivity contribution in [3.05, 3.63) is 35.9 Å². The molecule has 0 aliphatic rings. The molecule has 0 saturated carbocycles. The Bertz CT molecular complexity index is 353. The standard InChI is InChI=1S/C16H28N2O/c1-14(2)18(10-11-19)13-16(3,12-17-4)15-8-6-5-7-9-15/h5-9,14,17,19H,10-13H2,1-4H3. The zero-order valence-corrected chi connectivity index (χ0v) is 12.7. The van der Waals surface area contributed by atoms with E-state index in [1.807, 2.05) is 7.05 Å². The Morgan fingerprint density at radius 3 is 2.37 bits per heavy atom. The zero-order valence-electron chi connectivity index (χ0n) is 12.7.